The van der Waals surface area contributed by atoms with E-state index in [1.807, 2.05) is 0 Å². The molecule has 0 fully saturated rings. The third kappa shape index (κ3) is 6.59. The molecule has 0 bridgehead atoms. The Bertz CT molecular complexity index is 861. The summed E-state index contributed by atoms with van der Waals surface area (Å²) in [4.78, 5) is 22.6. The molecule has 0 aliphatic rings. The molecule has 0 unspecified atom stereocenters. The number of rotatable bonds is 8. The van der Waals surface area contributed by atoms with Gasteiger partial charge in [0.05, 0.1) is 10.0 Å². The SMILES string of the molecule is CC(C)C(=O)Nc1cc(Cl)cc(COc2c(Cl)cc(CCC(=O)O)cc2Cl)c1. The lowest BCUT2D eigenvalue weighted by Crippen LogP contribution is -2.17. The Morgan fingerprint density at radius 1 is 1.04 bits per heavy atom. The predicted molar refractivity (Wildman–Crippen MR) is 112 cm³/mol. The summed E-state index contributed by atoms with van der Waals surface area (Å²) < 4.78 is 5.75. The Morgan fingerprint density at radius 2 is 1.68 bits per heavy atom. The van der Waals surface area contributed by atoms with Crippen LogP contribution in [0.2, 0.25) is 15.1 Å². The van der Waals surface area contributed by atoms with Crippen molar-refractivity contribution in [2.75, 3.05) is 5.32 Å². The topological polar surface area (TPSA) is 75.6 Å². The van der Waals surface area contributed by atoms with Gasteiger partial charge < -0.3 is 15.2 Å². The molecule has 0 heterocycles. The van der Waals surface area contributed by atoms with E-state index in [1.54, 1.807) is 44.2 Å². The van der Waals surface area contributed by atoms with E-state index in [2.05, 4.69) is 5.32 Å². The number of ether oxygens (including phenoxy) is 1. The van der Waals surface area contributed by atoms with Crippen LogP contribution in [0.15, 0.2) is 30.3 Å². The van der Waals surface area contributed by atoms with Gasteiger partial charge in [0.1, 0.15) is 6.61 Å². The highest BCUT2D eigenvalue weighted by molar-refractivity contribution is 6.37. The van der Waals surface area contributed by atoms with E-state index >= 15 is 0 Å². The largest absolute Gasteiger partial charge is 0.486 e. The van der Waals surface area contributed by atoms with Crippen LogP contribution in [-0.4, -0.2) is 17.0 Å². The first-order valence-corrected chi connectivity index (χ1v) is 9.72. The van der Waals surface area contributed by atoms with E-state index in [-0.39, 0.29) is 24.9 Å². The minimum Gasteiger partial charge on any atom is -0.486 e. The van der Waals surface area contributed by atoms with Gasteiger partial charge in [-0.05, 0) is 47.9 Å². The van der Waals surface area contributed by atoms with E-state index in [0.29, 0.717) is 38.5 Å². The van der Waals surface area contributed by atoms with Crippen molar-refractivity contribution >= 4 is 52.4 Å². The quantitative estimate of drug-likeness (QED) is 0.536. The number of halogens is 3. The van der Waals surface area contributed by atoms with E-state index < -0.39 is 5.97 Å². The van der Waals surface area contributed by atoms with Crippen LogP contribution in [0, 0.1) is 5.92 Å². The molecule has 5 nitrogen and oxygen atoms in total. The fourth-order valence-electron chi connectivity index (χ4n) is 2.39. The first-order chi connectivity index (χ1) is 13.2. The van der Waals surface area contributed by atoms with Gasteiger partial charge in [0.15, 0.2) is 5.75 Å². The van der Waals surface area contributed by atoms with Gasteiger partial charge in [-0.1, -0.05) is 48.7 Å². The maximum atomic E-state index is 11.9. The van der Waals surface area contributed by atoms with Crippen LogP contribution in [0.4, 0.5) is 5.69 Å². The molecular weight excluding hydrogens is 425 g/mol. The second-order valence-electron chi connectivity index (χ2n) is 6.56. The van der Waals surface area contributed by atoms with Crippen LogP contribution in [0.3, 0.4) is 0 Å². The number of carboxylic acids is 1. The molecule has 0 saturated carbocycles. The van der Waals surface area contributed by atoms with Crippen molar-refractivity contribution in [2.24, 2.45) is 5.92 Å². The van der Waals surface area contributed by atoms with Crippen molar-refractivity contribution in [3.05, 3.63) is 56.5 Å². The summed E-state index contributed by atoms with van der Waals surface area (Å²) in [7, 11) is 0. The van der Waals surface area contributed by atoms with Gasteiger partial charge in [0.25, 0.3) is 0 Å². The Hall–Kier alpha value is -1.95. The number of hydrogen-bond acceptors (Lipinski definition) is 3. The zero-order chi connectivity index (χ0) is 20.8. The molecule has 0 radical (unpaired) electrons. The van der Waals surface area contributed by atoms with Crippen molar-refractivity contribution < 1.29 is 19.4 Å². The smallest absolute Gasteiger partial charge is 0.303 e. The molecule has 0 atom stereocenters. The molecular formula is C20H20Cl3NO4. The standard InChI is InChI=1S/C20H20Cl3NO4/c1-11(2)20(27)24-15-6-13(5-14(21)9-15)10-28-19-16(22)7-12(8-17(19)23)3-4-18(25)26/h5-9,11H,3-4,10H2,1-2H3,(H,24,27)(H,25,26). The number of hydrogen-bond donors (Lipinski definition) is 2. The van der Waals surface area contributed by atoms with Crippen LogP contribution >= 0.6 is 34.8 Å². The van der Waals surface area contributed by atoms with Crippen molar-refractivity contribution in [3.63, 3.8) is 0 Å². The number of carbonyl (C=O) groups is 2. The Labute approximate surface area is 178 Å². The molecule has 150 valence electrons. The minimum atomic E-state index is -0.895. The van der Waals surface area contributed by atoms with Gasteiger partial charge in [-0.3, -0.25) is 9.59 Å². The van der Waals surface area contributed by atoms with Crippen LogP contribution in [0.25, 0.3) is 0 Å². The number of carbonyl (C=O) groups excluding carboxylic acids is 1. The average Bonchev–Trinajstić information content (AvgIpc) is 2.58. The number of aryl methyl sites for hydroxylation is 1. The molecule has 2 N–H and O–H groups in total. The maximum Gasteiger partial charge on any atom is 0.303 e. The summed E-state index contributed by atoms with van der Waals surface area (Å²) in [5, 5.41) is 12.6. The fourth-order valence-corrected chi connectivity index (χ4v) is 3.29. The lowest BCUT2D eigenvalue weighted by Gasteiger charge is -2.13. The fraction of sp³-hybridized carbons (Fsp3) is 0.300. The zero-order valence-corrected chi connectivity index (χ0v) is 17.7. The normalized spacial score (nSPS) is 10.8. The summed E-state index contributed by atoms with van der Waals surface area (Å²) in [5.41, 5.74) is 2.02. The van der Waals surface area contributed by atoms with Crippen molar-refractivity contribution in [1.82, 2.24) is 0 Å². The van der Waals surface area contributed by atoms with Gasteiger partial charge in [-0.2, -0.15) is 0 Å². The molecule has 0 aromatic heterocycles. The minimum absolute atomic E-state index is 0.0136. The molecule has 2 aromatic carbocycles. The summed E-state index contributed by atoms with van der Waals surface area (Å²) in [6.07, 6.45) is 0.308. The summed E-state index contributed by atoms with van der Waals surface area (Å²) in [5.74, 6) is -0.864. The van der Waals surface area contributed by atoms with Crippen LogP contribution < -0.4 is 10.1 Å². The second-order valence-corrected chi connectivity index (χ2v) is 7.81. The van der Waals surface area contributed by atoms with Gasteiger partial charge in [0.2, 0.25) is 5.91 Å². The third-order valence-electron chi connectivity index (χ3n) is 3.82. The highest BCUT2D eigenvalue weighted by Gasteiger charge is 2.13. The van der Waals surface area contributed by atoms with E-state index in [9.17, 15) is 9.59 Å². The van der Waals surface area contributed by atoms with Crippen molar-refractivity contribution in [3.8, 4) is 5.75 Å². The average molecular weight is 445 g/mol. The van der Waals surface area contributed by atoms with Crippen LogP contribution in [-0.2, 0) is 22.6 Å². The molecule has 2 aromatic rings. The van der Waals surface area contributed by atoms with Gasteiger partial charge >= 0.3 is 5.97 Å². The molecule has 0 saturated heterocycles. The summed E-state index contributed by atoms with van der Waals surface area (Å²) in [6, 6.07) is 8.41. The van der Waals surface area contributed by atoms with E-state index in [1.165, 1.54) is 0 Å². The molecule has 1 amide bonds. The second kappa shape index (κ2) is 10.0. The third-order valence-corrected chi connectivity index (χ3v) is 4.60. The molecule has 8 heteroatoms. The van der Waals surface area contributed by atoms with Crippen molar-refractivity contribution in [2.45, 2.75) is 33.3 Å². The lowest BCUT2D eigenvalue weighted by molar-refractivity contribution is -0.137. The highest BCUT2D eigenvalue weighted by atomic mass is 35.5. The zero-order valence-electron chi connectivity index (χ0n) is 15.4. The molecule has 28 heavy (non-hydrogen) atoms. The highest BCUT2D eigenvalue weighted by Crippen LogP contribution is 2.35. The van der Waals surface area contributed by atoms with E-state index in [4.69, 9.17) is 44.6 Å². The Kier molecular flexibility index (Phi) is 7.98. The number of carboxylic acid groups (broad SMARTS) is 1. The van der Waals surface area contributed by atoms with Gasteiger partial charge in [-0.25, -0.2) is 0 Å². The monoisotopic (exact) mass is 443 g/mol. The number of nitrogens with one attached hydrogen (secondary N) is 1. The van der Waals surface area contributed by atoms with Crippen molar-refractivity contribution in [1.29, 1.82) is 0 Å². The first-order valence-electron chi connectivity index (χ1n) is 8.58. The van der Waals surface area contributed by atoms with Gasteiger partial charge in [-0.15, -0.1) is 0 Å². The van der Waals surface area contributed by atoms with Gasteiger partial charge in [0, 0.05) is 23.0 Å². The summed E-state index contributed by atoms with van der Waals surface area (Å²) >= 11 is 18.6. The molecule has 2 rings (SSSR count). The summed E-state index contributed by atoms with van der Waals surface area (Å²) in [6.45, 7) is 3.74. The van der Waals surface area contributed by atoms with Crippen LogP contribution in [0.1, 0.15) is 31.4 Å². The number of amides is 1. The predicted octanol–water partition coefficient (Wildman–Crippen LogP) is 5.84. The van der Waals surface area contributed by atoms with Crippen LogP contribution in [0.5, 0.6) is 5.75 Å². The molecule has 0 aliphatic carbocycles. The maximum absolute atomic E-state index is 11.9. The Balaban J connectivity index is 2.12. The molecule has 0 aliphatic heterocycles. The number of benzene rings is 2. The van der Waals surface area contributed by atoms with E-state index in [0.717, 1.165) is 5.56 Å². The Morgan fingerprint density at radius 3 is 2.25 bits per heavy atom. The first kappa shape index (κ1) is 22.3. The lowest BCUT2D eigenvalue weighted by atomic mass is 10.1. The number of aliphatic carboxylic acids is 1. The molecule has 0 spiro atoms. The number of anilines is 1.